The molecule has 2 aliphatic heterocycles. The average Bonchev–Trinajstić information content (AvgIpc) is 3.11. The van der Waals surface area contributed by atoms with Crippen molar-refractivity contribution in [1.29, 1.82) is 0 Å². The SMILES string of the molecule is C[C@@H]1Cc2c(C(=O)N3CCN(CCc4cnccn4)CC3)n[nH]c2[C@H](C)O1. The Labute approximate surface area is 158 Å². The number of H-pyrrole nitrogens is 1. The zero-order valence-corrected chi connectivity index (χ0v) is 15.9. The van der Waals surface area contributed by atoms with E-state index in [1.54, 1.807) is 12.4 Å². The molecule has 0 aromatic carbocycles. The molecule has 4 heterocycles. The van der Waals surface area contributed by atoms with Crippen LogP contribution in [0.3, 0.4) is 0 Å². The Hall–Kier alpha value is -2.32. The summed E-state index contributed by atoms with van der Waals surface area (Å²) in [5.41, 5.74) is 3.54. The lowest BCUT2D eigenvalue weighted by Gasteiger charge is -2.34. The molecule has 0 unspecified atom stereocenters. The van der Waals surface area contributed by atoms with Crippen LogP contribution in [0.4, 0.5) is 0 Å². The summed E-state index contributed by atoms with van der Waals surface area (Å²) in [6, 6.07) is 0. The second-order valence-corrected chi connectivity index (χ2v) is 7.34. The Kier molecular flexibility index (Phi) is 5.18. The fourth-order valence-electron chi connectivity index (χ4n) is 3.91. The first-order valence-electron chi connectivity index (χ1n) is 9.61. The molecular weight excluding hydrogens is 344 g/mol. The molecule has 2 aromatic heterocycles. The lowest BCUT2D eigenvalue weighted by Crippen LogP contribution is -2.49. The molecule has 8 heteroatoms. The van der Waals surface area contributed by atoms with Gasteiger partial charge in [0.25, 0.3) is 5.91 Å². The monoisotopic (exact) mass is 370 g/mol. The quantitative estimate of drug-likeness (QED) is 0.871. The fraction of sp³-hybridized carbons (Fsp3) is 0.579. The Morgan fingerprint density at radius 3 is 2.81 bits per heavy atom. The number of piperazine rings is 1. The smallest absolute Gasteiger partial charge is 0.274 e. The van der Waals surface area contributed by atoms with Crippen LogP contribution >= 0.6 is 0 Å². The summed E-state index contributed by atoms with van der Waals surface area (Å²) in [4.78, 5) is 25.7. The van der Waals surface area contributed by atoms with Gasteiger partial charge in [0.2, 0.25) is 0 Å². The summed E-state index contributed by atoms with van der Waals surface area (Å²) in [5.74, 6) is 0.0300. The third kappa shape index (κ3) is 3.86. The second kappa shape index (κ2) is 7.74. The molecule has 1 saturated heterocycles. The van der Waals surface area contributed by atoms with Crippen LogP contribution in [-0.2, 0) is 17.6 Å². The third-order valence-electron chi connectivity index (χ3n) is 5.40. The number of carbonyl (C=O) groups is 1. The Balaban J connectivity index is 1.34. The van der Waals surface area contributed by atoms with E-state index < -0.39 is 0 Å². The van der Waals surface area contributed by atoms with Gasteiger partial charge in [0.1, 0.15) is 0 Å². The van der Waals surface area contributed by atoms with Gasteiger partial charge in [-0.2, -0.15) is 5.10 Å². The first-order valence-corrected chi connectivity index (χ1v) is 9.61. The molecule has 8 nitrogen and oxygen atoms in total. The van der Waals surface area contributed by atoms with Gasteiger partial charge in [-0.1, -0.05) is 0 Å². The summed E-state index contributed by atoms with van der Waals surface area (Å²) in [7, 11) is 0. The van der Waals surface area contributed by atoms with Crippen molar-refractivity contribution in [3.63, 3.8) is 0 Å². The molecule has 0 radical (unpaired) electrons. The van der Waals surface area contributed by atoms with Crippen LogP contribution in [0.1, 0.15) is 47.4 Å². The fourth-order valence-corrected chi connectivity index (χ4v) is 3.91. The number of hydrogen-bond acceptors (Lipinski definition) is 6. The molecule has 0 bridgehead atoms. The minimum absolute atomic E-state index is 0.0300. The number of carbonyl (C=O) groups excluding carboxylic acids is 1. The number of nitrogens with zero attached hydrogens (tertiary/aromatic N) is 5. The van der Waals surface area contributed by atoms with Crippen molar-refractivity contribution >= 4 is 5.91 Å². The van der Waals surface area contributed by atoms with Crippen LogP contribution < -0.4 is 0 Å². The summed E-state index contributed by atoms with van der Waals surface area (Å²) in [6.45, 7) is 8.16. The van der Waals surface area contributed by atoms with Gasteiger partial charge in [-0.25, -0.2) is 0 Å². The lowest BCUT2D eigenvalue weighted by molar-refractivity contribution is -0.00704. The normalized spacial score (nSPS) is 23.3. The van der Waals surface area contributed by atoms with Crippen molar-refractivity contribution in [2.24, 2.45) is 0 Å². The molecule has 1 N–H and O–H groups in total. The average molecular weight is 370 g/mol. The number of nitrogens with one attached hydrogen (secondary N) is 1. The third-order valence-corrected chi connectivity index (χ3v) is 5.40. The van der Waals surface area contributed by atoms with E-state index in [2.05, 4.69) is 25.1 Å². The van der Waals surface area contributed by atoms with Gasteiger partial charge < -0.3 is 9.64 Å². The van der Waals surface area contributed by atoms with E-state index in [9.17, 15) is 4.79 Å². The number of hydrogen-bond donors (Lipinski definition) is 1. The van der Waals surface area contributed by atoms with Crippen molar-refractivity contribution < 1.29 is 9.53 Å². The van der Waals surface area contributed by atoms with Crippen LogP contribution in [-0.4, -0.2) is 74.7 Å². The van der Waals surface area contributed by atoms with E-state index in [1.165, 1.54) is 0 Å². The van der Waals surface area contributed by atoms with Gasteiger partial charge in [-0.05, 0) is 13.8 Å². The largest absolute Gasteiger partial charge is 0.369 e. The first kappa shape index (κ1) is 18.1. The van der Waals surface area contributed by atoms with E-state index in [1.807, 2.05) is 24.9 Å². The van der Waals surface area contributed by atoms with Crippen LogP contribution in [0.25, 0.3) is 0 Å². The van der Waals surface area contributed by atoms with Crippen molar-refractivity contribution in [2.45, 2.75) is 38.9 Å². The van der Waals surface area contributed by atoms with E-state index in [0.29, 0.717) is 5.69 Å². The van der Waals surface area contributed by atoms with Crippen molar-refractivity contribution in [1.82, 2.24) is 30.0 Å². The summed E-state index contributed by atoms with van der Waals surface area (Å²) >= 11 is 0. The summed E-state index contributed by atoms with van der Waals surface area (Å²) in [6.07, 6.45) is 6.90. The molecule has 1 fully saturated rings. The predicted molar refractivity (Wildman–Crippen MR) is 99.3 cm³/mol. The Bertz CT molecular complexity index is 785. The molecule has 1 amide bonds. The zero-order valence-electron chi connectivity index (χ0n) is 15.9. The highest BCUT2D eigenvalue weighted by Crippen LogP contribution is 2.30. The molecule has 2 atom stereocenters. The van der Waals surface area contributed by atoms with Crippen LogP contribution in [0, 0.1) is 0 Å². The first-order chi connectivity index (χ1) is 13.1. The topological polar surface area (TPSA) is 87.2 Å². The molecule has 0 aliphatic carbocycles. The van der Waals surface area contributed by atoms with Gasteiger partial charge in [0.15, 0.2) is 5.69 Å². The molecule has 27 heavy (non-hydrogen) atoms. The molecule has 2 aliphatic rings. The van der Waals surface area contributed by atoms with Crippen LogP contribution in [0.2, 0.25) is 0 Å². The lowest BCUT2D eigenvalue weighted by atomic mass is 9.99. The van der Waals surface area contributed by atoms with Crippen molar-refractivity contribution in [3.05, 3.63) is 41.2 Å². The Morgan fingerprint density at radius 2 is 2.07 bits per heavy atom. The van der Waals surface area contributed by atoms with Gasteiger partial charge >= 0.3 is 0 Å². The Morgan fingerprint density at radius 1 is 1.26 bits per heavy atom. The molecule has 2 aromatic rings. The van der Waals surface area contributed by atoms with Gasteiger partial charge in [0.05, 0.1) is 23.6 Å². The minimum atomic E-state index is -0.0456. The predicted octanol–water partition coefficient (Wildman–Crippen LogP) is 1.22. The molecule has 0 spiro atoms. The van der Waals surface area contributed by atoms with E-state index in [-0.39, 0.29) is 18.1 Å². The van der Waals surface area contributed by atoms with Crippen molar-refractivity contribution in [3.8, 4) is 0 Å². The highest BCUT2D eigenvalue weighted by Gasteiger charge is 2.32. The van der Waals surface area contributed by atoms with Crippen molar-refractivity contribution in [2.75, 3.05) is 32.7 Å². The highest BCUT2D eigenvalue weighted by molar-refractivity contribution is 5.94. The second-order valence-electron chi connectivity index (χ2n) is 7.34. The van der Waals surface area contributed by atoms with E-state index in [0.717, 1.165) is 62.5 Å². The number of ether oxygens (including phenoxy) is 1. The summed E-state index contributed by atoms with van der Waals surface area (Å²) in [5, 5.41) is 7.35. The molecule has 144 valence electrons. The number of fused-ring (bicyclic) bond motifs is 1. The number of aromatic nitrogens is 4. The maximum Gasteiger partial charge on any atom is 0.274 e. The summed E-state index contributed by atoms with van der Waals surface area (Å²) < 4.78 is 5.82. The van der Waals surface area contributed by atoms with Gasteiger partial charge in [-0.3, -0.25) is 24.8 Å². The molecule has 4 rings (SSSR count). The molecular formula is C19H26N6O2. The number of amides is 1. The number of rotatable bonds is 4. The maximum atomic E-state index is 13.0. The zero-order chi connectivity index (χ0) is 18.8. The van der Waals surface area contributed by atoms with Gasteiger partial charge in [0, 0.05) is 69.7 Å². The standard InChI is InChI=1S/C19H26N6O2/c1-13-11-16-17(14(2)27-13)22-23-18(16)19(26)25-9-7-24(8-10-25)6-3-15-12-20-4-5-21-15/h4-5,12-14H,3,6-11H2,1-2H3,(H,22,23)/t13-,14+/m1/s1. The minimum Gasteiger partial charge on any atom is -0.369 e. The maximum absolute atomic E-state index is 13.0. The molecule has 0 saturated carbocycles. The van der Waals surface area contributed by atoms with E-state index >= 15 is 0 Å². The van der Waals surface area contributed by atoms with Crippen LogP contribution in [0.15, 0.2) is 18.6 Å². The number of aromatic amines is 1. The van der Waals surface area contributed by atoms with Crippen LogP contribution in [0.5, 0.6) is 0 Å². The van der Waals surface area contributed by atoms with Gasteiger partial charge in [-0.15, -0.1) is 0 Å². The highest BCUT2D eigenvalue weighted by atomic mass is 16.5. The van der Waals surface area contributed by atoms with E-state index in [4.69, 9.17) is 4.74 Å².